The van der Waals surface area contributed by atoms with Gasteiger partial charge >= 0.3 is 6.03 Å². The number of amides is 3. The Hall–Kier alpha value is -3.02. The standard InChI is InChI=1S/C20H23N3O3/c1-14-4-2-7-18(12-14)26-11-10-21-19(24)15-5-3-6-17(13-15)23-20(25)22-16-8-9-16/h2-7,12-13,16H,8-11H2,1H3,(H,21,24)(H2,22,23,25). The summed E-state index contributed by atoms with van der Waals surface area (Å²) in [6.07, 6.45) is 2.06. The van der Waals surface area contributed by atoms with Crippen molar-refractivity contribution in [2.45, 2.75) is 25.8 Å². The molecule has 0 spiro atoms. The molecule has 2 aromatic carbocycles. The Bertz CT molecular complexity index is 787. The molecular weight excluding hydrogens is 330 g/mol. The average molecular weight is 353 g/mol. The fourth-order valence-electron chi connectivity index (χ4n) is 2.46. The van der Waals surface area contributed by atoms with Crippen LogP contribution in [0.5, 0.6) is 5.75 Å². The first-order valence-electron chi connectivity index (χ1n) is 8.75. The van der Waals surface area contributed by atoms with Crippen LogP contribution in [0, 0.1) is 6.92 Å². The largest absolute Gasteiger partial charge is 0.492 e. The molecule has 6 heteroatoms. The Kier molecular flexibility index (Phi) is 5.73. The lowest BCUT2D eigenvalue weighted by Gasteiger charge is -2.10. The number of hydrogen-bond donors (Lipinski definition) is 3. The molecule has 0 atom stereocenters. The zero-order valence-corrected chi connectivity index (χ0v) is 14.7. The molecule has 3 amide bonds. The molecule has 0 bridgehead atoms. The van der Waals surface area contributed by atoms with Crippen LogP contribution >= 0.6 is 0 Å². The quantitative estimate of drug-likeness (QED) is 0.669. The Labute approximate surface area is 152 Å². The molecule has 1 fully saturated rings. The number of urea groups is 1. The van der Waals surface area contributed by atoms with Gasteiger partial charge in [-0.1, -0.05) is 18.2 Å². The molecule has 2 aromatic rings. The van der Waals surface area contributed by atoms with Crippen molar-refractivity contribution in [3.8, 4) is 5.75 Å². The molecule has 136 valence electrons. The van der Waals surface area contributed by atoms with E-state index in [1.807, 2.05) is 31.2 Å². The normalized spacial score (nSPS) is 13.0. The Balaban J connectivity index is 1.45. The number of carbonyl (C=O) groups excluding carboxylic acids is 2. The summed E-state index contributed by atoms with van der Waals surface area (Å²) in [4.78, 5) is 24.0. The van der Waals surface area contributed by atoms with E-state index in [-0.39, 0.29) is 18.0 Å². The molecule has 1 saturated carbocycles. The summed E-state index contributed by atoms with van der Waals surface area (Å²) in [5, 5.41) is 8.41. The minimum Gasteiger partial charge on any atom is -0.492 e. The molecule has 1 aliphatic rings. The van der Waals surface area contributed by atoms with Crippen molar-refractivity contribution in [1.29, 1.82) is 0 Å². The smallest absolute Gasteiger partial charge is 0.319 e. The highest BCUT2D eigenvalue weighted by Gasteiger charge is 2.23. The van der Waals surface area contributed by atoms with Crippen molar-refractivity contribution < 1.29 is 14.3 Å². The summed E-state index contributed by atoms with van der Waals surface area (Å²) in [6, 6.07) is 14.7. The molecular formula is C20H23N3O3. The van der Waals surface area contributed by atoms with Crippen molar-refractivity contribution in [1.82, 2.24) is 10.6 Å². The van der Waals surface area contributed by atoms with Gasteiger partial charge in [0, 0.05) is 17.3 Å². The molecule has 0 unspecified atom stereocenters. The van der Waals surface area contributed by atoms with Gasteiger partial charge in [0.25, 0.3) is 5.91 Å². The summed E-state index contributed by atoms with van der Waals surface area (Å²) in [6.45, 7) is 2.78. The molecule has 3 N–H and O–H groups in total. The number of rotatable bonds is 7. The number of hydrogen-bond acceptors (Lipinski definition) is 3. The van der Waals surface area contributed by atoms with Crippen molar-refractivity contribution in [2.24, 2.45) is 0 Å². The lowest BCUT2D eigenvalue weighted by molar-refractivity contribution is 0.0947. The zero-order chi connectivity index (χ0) is 18.4. The Morgan fingerprint density at radius 2 is 1.92 bits per heavy atom. The fourth-order valence-corrected chi connectivity index (χ4v) is 2.46. The maximum absolute atomic E-state index is 12.2. The van der Waals surface area contributed by atoms with Gasteiger partial charge in [-0.2, -0.15) is 0 Å². The first kappa shape index (κ1) is 17.8. The first-order chi connectivity index (χ1) is 12.6. The van der Waals surface area contributed by atoms with E-state index in [4.69, 9.17) is 4.74 Å². The van der Waals surface area contributed by atoms with Gasteiger partial charge < -0.3 is 20.7 Å². The maximum atomic E-state index is 12.2. The molecule has 3 rings (SSSR count). The topological polar surface area (TPSA) is 79.5 Å². The van der Waals surface area contributed by atoms with Crippen molar-refractivity contribution >= 4 is 17.6 Å². The number of ether oxygens (including phenoxy) is 1. The van der Waals surface area contributed by atoms with Crippen LogP contribution in [0.15, 0.2) is 48.5 Å². The summed E-state index contributed by atoms with van der Waals surface area (Å²) >= 11 is 0. The van der Waals surface area contributed by atoms with Crippen LogP contribution < -0.4 is 20.7 Å². The SMILES string of the molecule is Cc1cccc(OCCNC(=O)c2cccc(NC(=O)NC3CC3)c2)c1. The van der Waals surface area contributed by atoms with Gasteiger partial charge in [-0.15, -0.1) is 0 Å². The van der Waals surface area contributed by atoms with Crippen LogP contribution in [0.25, 0.3) is 0 Å². The molecule has 0 radical (unpaired) electrons. The predicted octanol–water partition coefficient (Wildman–Crippen LogP) is 3.09. The number of carbonyl (C=O) groups is 2. The summed E-state index contributed by atoms with van der Waals surface area (Å²) < 4.78 is 5.61. The second kappa shape index (κ2) is 8.38. The first-order valence-corrected chi connectivity index (χ1v) is 8.75. The predicted molar refractivity (Wildman–Crippen MR) is 101 cm³/mol. The second-order valence-electron chi connectivity index (χ2n) is 6.37. The Morgan fingerprint density at radius 1 is 1.12 bits per heavy atom. The third-order valence-corrected chi connectivity index (χ3v) is 3.94. The lowest BCUT2D eigenvalue weighted by Crippen LogP contribution is -2.31. The van der Waals surface area contributed by atoms with Gasteiger partial charge in [-0.05, 0) is 55.7 Å². The van der Waals surface area contributed by atoms with Gasteiger partial charge in [-0.3, -0.25) is 4.79 Å². The van der Waals surface area contributed by atoms with E-state index in [1.54, 1.807) is 24.3 Å². The van der Waals surface area contributed by atoms with Crippen LogP contribution in [0.3, 0.4) is 0 Å². The van der Waals surface area contributed by atoms with Crippen LogP contribution in [0.2, 0.25) is 0 Å². The third kappa shape index (κ3) is 5.51. The van der Waals surface area contributed by atoms with Crippen molar-refractivity contribution in [3.63, 3.8) is 0 Å². The molecule has 0 heterocycles. The van der Waals surface area contributed by atoms with Gasteiger partial charge in [-0.25, -0.2) is 4.79 Å². The van der Waals surface area contributed by atoms with Gasteiger partial charge in [0.05, 0.1) is 6.54 Å². The van der Waals surface area contributed by atoms with E-state index >= 15 is 0 Å². The van der Waals surface area contributed by atoms with E-state index in [0.29, 0.717) is 24.4 Å². The van der Waals surface area contributed by atoms with E-state index in [1.165, 1.54) is 0 Å². The molecule has 26 heavy (non-hydrogen) atoms. The number of anilines is 1. The van der Waals surface area contributed by atoms with E-state index < -0.39 is 0 Å². The molecule has 0 saturated heterocycles. The van der Waals surface area contributed by atoms with Gasteiger partial charge in [0.1, 0.15) is 12.4 Å². The number of nitrogens with one attached hydrogen (secondary N) is 3. The maximum Gasteiger partial charge on any atom is 0.319 e. The average Bonchev–Trinajstić information content (AvgIpc) is 3.42. The molecule has 0 aromatic heterocycles. The summed E-state index contributed by atoms with van der Waals surface area (Å²) in [5.74, 6) is 0.580. The van der Waals surface area contributed by atoms with Gasteiger partial charge in [0.15, 0.2) is 0 Å². The van der Waals surface area contributed by atoms with E-state index in [9.17, 15) is 9.59 Å². The number of benzene rings is 2. The third-order valence-electron chi connectivity index (χ3n) is 3.94. The van der Waals surface area contributed by atoms with E-state index in [2.05, 4.69) is 16.0 Å². The highest BCUT2D eigenvalue weighted by Crippen LogP contribution is 2.19. The fraction of sp³-hybridized carbons (Fsp3) is 0.300. The minimum atomic E-state index is -0.239. The van der Waals surface area contributed by atoms with Crippen molar-refractivity contribution in [3.05, 3.63) is 59.7 Å². The molecule has 6 nitrogen and oxygen atoms in total. The zero-order valence-electron chi connectivity index (χ0n) is 14.7. The highest BCUT2D eigenvalue weighted by atomic mass is 16.5. The number of aryl methyl sites for hydroxylation is 1. The van der Waals surface area contributed by atoms with Crippen molar-refractivity contribution in [2.75, 3.05) is 18.5 Å². The van der Waals surface area contributed by atoms with Gasteiger partial charge in [0.2, 0.25) is 0 Å². The summed E-state index contributed by atoms with van der Waals surface area (Å²) in [7, 11) is 0. The van der Waals surface area contributed by atoms with Crippen LogP contribution in [0.1, 0.15) is 28.8 Å². The molecule has 0 aliphatic heterocycles. The van der Waals surface area contributed by atoms with Crippen LogP contribution in [-0.4, -0.2) is 31.1 Å². The molecule has 1 aliphatic carbocycles. The second-order valence-corrected chi connectivity index (χ2v) is 6.37. The van der Waals surface area contributed by atoms with Crippen LogP contribution in [-0.2, 0) is 0 Å². The van der Waals surface area contributed by atoms with E-state index in [0.717, 1.165) is 24.2 Å². The minimum absolute atomic E-state index is 0.205. The highest BCUT2D eigenvalue weighted by molar-refractivity contribution is 5.96. The van der Waals surface area contributed by atoms with Crippen LogP contribution in [0.4, 0.5) is 10.5 Å². The summed E-state index contributed by atoms with van der Waals surface area (Å²) in [5.41, 5.74) is 2.21. The monoisotopic (exact) mass is 353 g/mol. The lowest BCUT2D eigenvalue weighted by atomic mass is 10.2. The Morgan fingerprint density at radius 3 is 2.69 bits per heavy atom.